The second-order valence-electron chi connectivity index (χ2n) is 4.04. The lowest BCUT2D eigenvalue weighted by atomic mass is 10.1. The van der Waals surface area contributed by atoms with Gasteiger partial charge in [-0.15, -0.1) is 0 Å². The van der Waals surface area contributed by atoms with E-state index in [1.54, 1.807) is 0 Å². The highest BCUT2D eigenvalue weighted by molar-refractivity contribution is 5.96. The van der Waals surface area contributed by atoms with Gasteiger partial charge in [-0.3, -0.25) is 14.6 Å². The summed E-state index contributed by atoms with van der Waals surface area (Å²) in [6.45, 7) is 5.43. The second-order valence-corrected chi connectivity index (χ2v) is 4.04. The summed E-state index contributed by atoms with van der Waals surface area (Å²) in [6, 6.07) is 3.72. The van der Waals surface area contributed by atoms with E-state index in [0.29, 0.717) is 6.54 Å². The third kappa shape index (κ3) is 3.86. The molecule has 0 spiro atoms. The average Bonchev–Trinajstić information content (AvgIpc) is 2.23. The van der Waals surface area contributed by atoms with Gasteiger partial charge in [-0.05, 0) is 38.5 Å². The number of carboxylic acid groups (broad SMARTS) is 1. The van der Waals surface area contributed by atoms with E-state index in [4.69, 9.17) is 5.11 Å². The predicted molar refractivity (Wildman–Crippen MR) is 62.4 cm³/mol. The van der Waals surface area contributed by atoms with Crippen LogP contribution in [0.1, 0.15) is 23.9 Å². The molecule has 1 amide bonds. The van der Waals surface area contributed by atoms with E-state index in [1.165, 1.54) is 6.92 Å². The number of rotatable bonds is 4. The van der Waals surface area contributed by atoms with Crippen molar-refractivity contribution >= 4 is 11.9 Å². The smallest absolute Gasteiger partial charge is 0.315 e. The topological polar surface area (TPSA) is 79.3 Å². The highest BCUT2D eigenvalue weighted by atomic mass is 16.4. The first kappa shape index (κ1) is 13.2. The Morgan fingerprint density at radius 2 is 1.88 bits per heavy atom. The number of hydrogen-bond acceptors (Lipinski definition) is 3. The van der Waals surface area contributed by atoms with E-state index in [-0.39, 0.29) is 0 Å². The van der Waals surface area contributed by atoms with Crippen molar-refractivity contribution in [2.75, 3.05) is 0 Å². The molecule has 5 heteroatoms. The molecule has 0 saturated heterocycles. The van der Waals surface area contributed by atoms with Gasteiger partial charge in [-0.1, -0.05) is 0 Å². The molecule has 0 radical (unpaired) electrons. The number of pyridine rings is 1. The number of carboxylic acids is 1. The van der Waals surface area contributed by atoms with Gasteiger partial charge in [0.05, 0.1) is 0 Å². The number of nitrogens with zero attached hydrogens (tertiary/aromatic N) is 1. The zero-order valence-corrected chi connectivity index (χ0v) is 10.2. The molecule has 1 aromatic rings. The molecule has 5 nitrogen and oxygen atoms in total. The van der Waals surface area contributed by atoms with Crippen LogP contribution in [0.3, 0.4) is 0 Å². The lowest BCUT2D eigenvalue weighted by Gasteiger charge is -2.09. The van der Waals surface area contributed by atoms with Gasteiger partial charge in [-0.25, -0.2) is 0 Å². The first-order chi connectivity index (χ1) is 7.90. The molecule has 0 aliphatic rings. The summed E-state index contributed by atoms with van der Waals surface area (Å²) < 4.78 is 0. The fourth-order valence-electron chi connectivity index (χ4n) is 1.48. The van der Waals surface area contributed by atoms with Crippen molar-refractivity contribution in [3.05, 3.63) is 29.1 Å². The quantitative estimate of drug-likeness (QED) is 0.765. The van der Waals surface area contributed by atoms with Gasteiger partial charge in [0, 0.05) is 17.9 Å². The van der Waals surface area contributed by atoms with E-state index in [1.807, 2.05) is 26.0 Å². The van der Waals surface area contributed by atoms with Crippen LogP contribution in [-0.4, -0.2) is 22.0 Å². The molecule has 0 bridgehead atoms. The Morgan fingerprint density at radius 1 is 1.35 bits per heavy atom. The van der Waals surface area contributed by atoms with Gasteiger partial charge in [0.25, 0.3) is 0 Å². The maximum Gasteiger partial charge on any atom is 0.315 e. The molecule has 0 saturated carbocycles. The van der Waals surface area contributed by atoms with E-state index < -0.39 is 17.8 Å². The molecule has 1 rings (SSSR count). The van der Waals surface area contributed by atoms with Crippen LogP contribution in [0, 0.1) is 19.8 Å². The number of aliphatic carboxylic acids is 1. The Hall–Kier alpha value is -1.91. The van der Waals surface area contributed by atoms with Gasteiger partial charge in [0.15, 0.2) is 0 Å². The molecule has 0 fully saturated rings. The van der Waals surface area contributed by atoms with E-state index in [2.05, 4.69) is 10.3 Å². The van der Waals surface area contributed by atoms with Crippen LogP contribution in [0.25, 0.3) is 0 Å². The highest BCUT2D eigenvalue weighted by Gasteiger charge is 2.19. The Labute approximate surface area is 99.9 Å². The summed E-state index contributed by atoms with van der Waals surface area (Å²) in [5.41, 5.74) is 2.67. The van der Waals surface area contributed by atoms with Gasteiger partial charge in [0.2, 0.25) is 5.91 Å². The van der Waals surface area contributed by atoms with E-state index in [0.717, 1.165) is 17.0 Å². The molecule has 0 aliphatic carbocycles. The van der Waals surface area contributed by atoms with E-state index >= 15 is 0 Å². The van der Waals surface area contributed by atoms with Crippen molar-refractivity contribution in [1.29, 1.82) is 0 Å². The number of aryl methyl sites for hydroxylation is 2. The molecule has 0 aliphatic heterocycles. The minimum atomic E-state index is -1.12. The third-order valence-corrected chi connectivity index (χ3v) is 2.37. The van der Waals surface area contributed by atoms with Crippen molar-refractivity contribution in [3.8, 4) is 0 Å². The van der Waals surface area contributed by atoms with Crippen molar-refractivity contribution in [3.63, 3.8) is 0 Å². The van der Waals surface area contributed by atoms with Crippen LogP contribution in [-0.2, 0) is 16.1 Å². The molecule has 92 valence electrons. The van der Waals surface area contributed by atoms with Crippen LogP contribution < -0.4 is 5.32 Å². The summed E-state index contributed by atoms with van der Waals surface area (Å²) in [5, 5.41) is 11.3. The lowest BCUT2D eigenvalue weighted by molar-refractivity contribution is -0.146. The van der Waals surface area contributed by atoms with Crippen molar-refractivity contribution in [1.82, 2.24) is 10.3 Å². The number of aromatic nitrogens is 1. The molecule has 1 unspecified atom stereocenters. The average molecular weight is 236 g/mol. The maximum atomic E-state index is 11.4. The zero-order valence-electron chi connectivity index (χ0n) is 10.2. The van der Waals surface area contributed by atoms with Crippen LogP contribution in [0.2, 0.25) is 0 Å². The molecular weight excluding hydrogens is 220 g/mol. The zero-order chi connectivity index (χ0) is 13.0. The van der Waals surface area contributed by atoms with Crippen LogP contribution in [0.15, 0.2) is 12.1 Å². The maximum absolute atomic E-state index is 11.4. The lowest BCUT2D eigenvalue weighted by Crippen LogP contribution is -2.33. The molecule has 1 atom stereocenters. The van der Waals surface area contributed by atoms with Gasteiger partial charge in [-0.2, -0.15) is 0 Å². The monoisotopic (exact) mass is 236 g/mol. The number of hydrogen-bond donors (Lipinski definition) is 2. The molecule has 1 heterocycles. The summed E-state index contributed by atoms with van der Waals surface area (Å²) in [6.07, 6.45) is 0. The molecule has 0 aromatic carbocycles. The largest absolute Gasteiger partial charge is 0.481 e. The Bertz CT molecular complexity index is 423. The van der Waals surface area contributed by atoms with Gasteiger partial charge < -0.3 is 10.4 Å². The predicted octanol–water partition coefficient (Wildman–Crippen LogP) is 1.04. The first-order valence-corrected chi connectivity index (χ1v) is 5.35. The molecular formula is C12H16N2O3. The summed E-state index contributed by atoms with van der Waals surface area (Å²) in [5.74, 6) is -2.63. The van der Waals surface area contributed by atoms with Crippen molar-refractivity contribution < 1.29 is 14.7 Å². The number of carbonyl (C=O) groups excluding carboxylic acids is 1. The number of carbonyl (C=O) groups is 2. The Kier molecular flexibility index (Phi) is 4.20. The van der Waals surface area contributed by atoms with Gasteiger partial charge in [0.1, 0.15) is 5.92 Å². The van der Waals surface area contributed by atoms with E-state index in [9.17, 15) is 9.59 Å². The summed E-state index contributed by atoms with van der Waals surface area (Å²) in [7, 11) is 0. The summed E-state index contributed by atoms with van der Waals surface area (Å²) >= 11 is 0. The standard InChI is InChI=1S/C12H16N2O3/c1-7-4-10(5-8(2)14-7)6-13-11(15)9(3)12(16)17/h4-5,9H,6H2,1-3H3,(H,13,15)(H,16,17). The van der Waals surface area contributed by atoms with Crippen LogP contribution >= 0.6 is 0 Å². The Balaban J connectivity index is 2.61. The number of nitrogens with one attached hydrogen (secondary N) is 1. The minimum Gasteiger partial charge on any atom is -0.481 e. The number of amides is 1. The van der Waals surface area contributed by atoms with Gasteiger partial charge >= 0.3 is 5.97 Å². The van der Waals surface area contributed by atoms with Crippen LogP contribution in [0.5, 0.6) is 0 Å². The van der Waals surface area contributed by atoms with Crippen LogP contribution in [0.4, 0.5) is 0 Å². The van der Waals surface area contributed by atoms with Crippen molar-refractivity contribution in [2.45, 2.75) is 27.3 Å². The Morgan fingerprint density at radius 3 is 2.35 bits per heavy atom. The molecule has 2 N–H and O–H groups in total. The molecule has 1 aromatic heterocycles. The molecule has 17 heavy (non-hydrogen) atoms. The minimum absolute atomic E-state index is 0.320. The first-order valence-electron chi connectivity index (χ1n) is 5.35. The fraction of sp³-hybridized carbons (Fsp3) is 0.417. The normalized spacial score (nSPS) is 11.9. The SMILES string of the molecule is Cc1cc(CNC(=O)C(C)C(=O)O)cc(C)n1. The second kappa shape index (κ2) is 5.43. The summed E-state index contributed by atoms with van der Waals surface area (Å²) in [4.78, 5) is 26.2. The third-order valence-electron chi connectivity index (χ3n) is 2.37. The highest BCUT2D eigenvalue weighted by Crippen LogP contribution is 2.05. The van der Waals surface area contributed by atoms with Crippen molar-refractivity contribution in [2.24, 2.45) is 5.92 Å². The fourth-order valence-corrected chi connectivity index (χ4v) is 1.48.